The molecule has 198 valence electrons. The van der Waals surface area contributed by atoms with Gasteiger partial charge in [-0.1, -0.05) is 17.7 Å². The van der Waals surface area contributed by atoms with E-state index in [2.05, 4.69) is 15.9 Å². The molecule has 0 bridgehead atoms. The number of carbonyl (C=O) groups is 5. The minimum Gasteiger partial charge on any atom is -0.504 e. The van der Waals surface area contributed by atoms with E-state index in [9.17, 15) is 29.1 Å². The number of aliphatic carboxylic acids is 1. The number of phenols is 1. The van der Waals surface area contributed by atoms with E-state index >= 15 is 0 Å². The number of allylic oxidation sites excluding steroid dienone is 6. The number of hydrogen-bond acceptors (Lipinski definition) is 7. The molecule has 9 nitrogen and oxygen atoms in total. The van der Waals surface area contributed by atoms with Gasteiger partial charge in [-0.2, -0.15) is 0 Å². The number of imide groups is 1. The van der Waals surface area contributed by atoms with Crippen LogP contribution in [0.15, 0.2) is 51.6 Å². The fourth-order valence-corrected chi connectivity index (χ4v) is 6.69. The lowest BCUT2D eigenvalue weighted by Gasteiger charge is -2.42. The number of benzene rings is 1. The molecule has 10 heteroatoms. The number of ether oxygens (including phenoxy) is 1. The molecule has 1 fully saturated rings. The highest BCUT2D eigenvalue weighted by Crippen LogP contribution is 2.55. The first kappa shape index (κ1) is 26.1. The first-order chi connectivity index (χ1) is 18.1. The molecule has 1 aliphatic heterocycles. The summed E-state index contributed by atoms with van der Waals surface area (Å²) in [6, 6.07) is 4.80. The van der Waals surface area contributed by atoms with E-state index in [1.807, 2.05) is 6.08 Å². The van der Waals surface area contributed by atoms with Crippen LogP contribution in [0.4, 0.5) is 0 Å². The number of aromatic hydroxyl groups is 1. The Labute approximate surface area is 227 Å². The lowest BCUT2D eigenvalue weighted by atomic mass is 9.59. The fourth-order valence-electron chi connectivity index (χ4n) is 6.24. The van der Waals surface area contributed by atoms with Crippen molar-refractivity contribution in [3.8, 4) is 11.5 Å². The minimum absolute atomic E-state index is 0.0256. The number of carbonyl (C=O) groups excluding carboxylic acids is 4. The number of fused-ring (bicyclic) bond motifs is 3. The zero-order valence-corrected chi connectivity index (χ0v) is 22.2. The number of hydrogen-bond donors (Lipinski definition) is 2. The maximum absolute atomic E-state index is 13.6. The van der Waals surface area contributed by atoms with E-state index < -0.39 is 29.6 Å². The smallest absolute Gasteiger partial charge is 0.303 e. The summed E-state index contributed by atoms with van der Waals surface area (Å²) in [5.41, 5.74) is 2.07. The Hall–Kier alpha value is -3.53. The first-order valence-corrected chi connectivity index (χ1v) is 13.3. The quantitative estimate of drug-likeness (QED) is 0.283. The average molecular weight is 584 g/mol. The van der Waals surface area contributed by atoms with Crippen LogP contribution in [0.25, 0.3) is 0 Å². The minimum atomic E-state index is -1.00. The fraction of sp³-hybridized carbons (Fsp3) is 0.393. The molecule has 2 amide bonds. The molecule has 1 saturated heterocycles. The zero-order chi connectivity index (χ0) is 27.3. The van der Waals surface area contributed by atoms with Crippen molar-refractivity contribution in [1.82, 2.24) is 4.90 Å². The zero-order valence-electron chi connectivity index (χ0n) is 20.6. The lowest BCUT2D eigenvalue weighted by molar-refractivity contribution is -0.142. The van der Waals surface area contributed by atoms with Crippen LogP contribution < -0.4 is 4.74 Å². The highest BCUT2D eigenvalue weighted by Gasteiger charge is 2.56. The Balaban J connectivity index is 1.59. The summed E-state index contributed by atoms with van der Waals surface area (Å²) in [6.07, 6.45) is 3.62. The maximum Gasteiger partial charge on any atom is 0.303 e. The summed E-state index contributed by atoms with van der Waals surface area (Å²) in [7, 11) is 0. The molecular weight excluding hydrogens is 558 g/mol. The van der Waals surface area contributed by atoms with Crippen molar-refractivity contribution in [2.45, 2.75) is 38.5 Å². The van der Waals surface area contributed by atoms with Crippen molar-refractivity contribution in [1.29, 1.82) is 0 Å². The van der Waals surface area contributed by atoms with Gasteiger partial charge in [0.1, 0.15) is 0 Å². The standard InChI is InChI=1S/C28H26BrNO8/c1-2-38-21-10-13(5-8-19(21)31)23-14-6-7-15-24(28(37)30(27(15)36)9-3-4-22(33)34)16(14)11-17-25(23)20(32)12-18(29)26(17)35/h5-6,8,10,12,15-16,23-24,31H,2-4,7,9,11H2,1H3,(H,33,34)/t15-,16+,23-,24-/m0/s1. The average Bonchev–Trinajstić information content (AvgIpc) is 3.12. The lowest BCUT2D eigenvalue weighted by Crippen LogP contribution is -2.39. The molecule has 2 N–H and O–H groups in total. The molecule has 4 aliphatic rings. The topological polar surface area (TPSA) is 138 Å². The molecule has 0 radical (unpaired) electrons. The number of Topliss-reactive ketones (excluding diaryl/α,β-unsaturated/α-hetero) is 1. The van der Waals surface area contributed by atoms with Gasteiger partial charge in [-0.05, 0) is 65.7 Å². The van der Waals surface area contributed by atoms with Gasteiger partial charge in [0.25, 0.3) is 0 Å². The van der Waals surface area contributed by atoms with Crippen LogP contribution in [0.1, 0.15) is 44.1 Å². The van der Waals surface area contributed by atoms with Gasteiger partial charge in [0.05, 0.1) is 22.9 Å². The van der Waals surface area contributed by atoms with E-state index in [0.29, 0.717) is 29.7 Å². The van der Waals surface area contributed by atoms with Crippen molar-refractivity contribution in [3.05, 3.63) is 57.1 Å². The highest BCUT2D eigenvalue weighted by molar-refractivity contribution is 9.12. The number of carboxylic acid groups (broad SMARTS) is 1. The Kier molecular flexibility index (Phi) is 6.85. The molecule has 0 aromatic heterocycles. The molecule has 0 saturated carbocycles. The van der Waals surface area contributed by atoms with Gasteiger partial charge in [0, 0.05) is 36.1 Å². The van der Waals surface area contributed by atoms with Crippen LogP contribution in [-0.4, -0.2) is 57.6 Å². The summed E-state index contributed by atoms with van der Waals surface area (Å²) in [4.78, 5) is 65.4. The molecule has 0 spiro atoms. The van der Waals surface area contributed by atoms with E-state index in [1.54, 1.807) is 19.1 Å². The highest BCUT2D eigenvalue weighted by atomic mass is 79.9. The number of ketones is 2. The predicted octanol–water partition coefficient (Wildman–Crippen LogP) is 3.42. The van der Waals surface area contributed by atoms with Crippen molar-refractivity contribution < 1.29 is 38.9 Å². The third-order valence-corrected chi connectivity index (χ3v) is 8.40. The largest absolute Gasteiger partial charge is 0.504 e. The second kappa shape index (κ2) is 9.98. The molecule has 0 unspecified atom stereocenters. The number of likely N-dealkylation sites (tertiary alicyclic amines) is 1. The molecule has 1 heterocycles. The molecule has 4 atom stereocenters. The van der Waals surface area contributed by atoms with Crippen LogP contribution in [-0.2, 0) is 24.0 Å². The van der Waals surface area contributed by atoms with Crippen LogP contribution in [0.3, 0.4) is 0 Å². The summed E-state index contributed by atoms with van der Waals surface area (Å²) in [5, 5.41) is 19.2. The number of amides is 2. The molecule has 1 aromatic rings. The SMILES string of the molecule is CCOc1cc([C@H]2C3=CC[C@@H]4C(=O)N(CCCC(=O)O)C(=O)[C@@H]4[C@@H]3CC3=C2C(=O)C=C(Br)C3=O)ccc1O. The van der Waals surface area contributed by atoms with Crippen LogP contribution in [0.5, 0.6) is 11.5 Å². The van der Waals surface area contributed by atoms with Crippen LogP contribution in [0, 0.1) is 17.8 Å². The van der Waals surface area contributed by atoms with Gasteiger partial charge in [0.2, 0.25) is 11.8 Å². The number of phenolic OH excluding ortho intramolecular Hbond substituents is 1. The summed E-state index contributed by atoms with van der Waals surface area (Å²) in [6.45, 7) is 2.12. The molecule has 1 aromatic carbocycles. The monoisotopic (exact) mass is 583 g/mol. The van der Waals surface area contributed by atoms with Gasteiger partial charge < -0.3 is 14.9 Å². The summed E-state index contributed by atoms with van der Waals surface area (Å²) < 4.78 is 5.71. The predicted molar refractivity (Wildman–Crippen MR) is 137 cm³/mol. The van der Waals surface area contributed by atoms with E-state index in [0.717, 1.165) is 10.5 Å². The van der Waals surface area contributed by atoms with Crippen molar-refractivity contribution in [2.24, 2.45) is 17.8 Å². The number of nitrogens with zero attached hydrogens (tertiary/aromatic N) is 1. The first-order valence-electron chi connectivity index (χ1n) is 12.6. The normalized spacial score (nSPS) is 26.5. The van der Waals surface area contributed by atoms with E-state index in [1.165, 1.54) is 12.1 Å². The Morgan fingerprint density at radius 3 is 2.63 bits per heavy atom. The van der Waals surface area contributed by atoms with Gasteiger partial charge in [-0.25, -0.2) is 0 Å². The molecule has 38 heavy (non-hydrogen) atoms. The number of halogens is 1. The second-order valence-corrected chi connectivity index (χ2v) is 10.7. The van der Waals surface area contributed by atoms with Gasteiger partial charge >= 0.3 is 5.97 Å². The third-order valence-electron chi connectivity index (χ3n) is 7.81. The van der Waals surface area contributed by atoms with Gasteiger partial charge in [-0.15, -0.1) is 0 Å². The van der Waals surface area contributed by atoms with Crippen molar-refractivity contribution in [3.63, 3.8) is 0 Å². The molecule has 3 aliphatic carbocycles. The maximum atomic E-state index is 13.6. The van der Waals surface area contributed by atoms with Crippen LogP contribution in [0.2, 0.25) is 0 Å². The van der Waals surface area contributed by atoms with E-state index in [-0.39, 0.29) is 65.2 Å². The molecular formula is C28H26BrNO8. The van der Waals surface area contributed by atoms with Gasteiger partial charge in [0.15, 0.2) is 23.1 Å². The van der Waals surface area contributed by atoms with Crippen molar-refractivity contribution >= 4 is 45.3 Å². The second-order valence-electron chi connectivity index (χ2n) is 9.88. The Morgan fingerprint density at radius 2 is 1.92 bits per heavy atom. The Bertz CT molecular complexity index is 1370. The van der Waals surface area contributed by atoms with Gasteiger partial charge in [-0.3, -0.25) is 28.9 Å². The number of carboxylic acids is 1. The molecule has 5 rings (SSSR count). The summed E-state index contributed by atoms with van der Waals surface area (Å²) in [5.74, 6) is -4.60. The number of rotatable bonds is 7. The Morgan fingerprint density at radius 1 is 1.16 bits per heavy atom. The summed E-state index contributed by atoms with van der Waals surface area (Å²) >= 11 is 3.20. The third kappa shape index (κ3) is 4.20. The van der Waals surface area contributed by atoms with E-state index in [4.69, 9.17) is 9.84 Å². The van der Waals surface area contributed by atoms with Crippen LogP contribution >= 0.6 is 15.9 Å². The van der Waals surface area contributed by atoms with Crippen molar-refractivity contribution in [2.75, 3.05) is 13.2 Å².